The van der Waals surface area contributed by atoms with Gasteiger partial charge >= 0.3 is 0 Å². The lowest BCUT2D eigenvalue weighted by molar-refractivity contribution is -0.125. The van der Waals surface area contributed by atoms with E-state index in [4.69, 9.17) is 11.6 Å². The highest BCUT2D eigenvalue weighted by molar-refractivity contribution is 6.33. The van der Waals surface area contributed by atoms with Crippen LogP contribution in [-0.2, 0) is 4.79 Å². The fraction of sp³-hybridized carbons (Fsp3) is 0.160. The molecule has 4 rings (SSSR count). The van der Waals surface area contributed by atoms with Crippen molar-refractivity contribution in [1.29, 1.82) is 0 Å². The lowest BCUT2D eigenvalue weighted by atomic mass is 10.0. The maximum Gasteiger partial charge on any atom is 0.254 e. The number of rotatable bonds is 4. The molecule has 3 aromatic rings. The summed E-state index contributed by atoms with van der Waals surface area (Å²) in [6, 6.07) is 27.8. The SMILES string of the molecule is O=C(C(=Cc1ccccc1Cl)c1ccccc1)N1CCN(c2ccccc2)CC1. The Morgan fingerprint density at radius 3 is 2.00 bits per heavy atom. The van der Waals surface area contributed by atoms with Crippen molar-refractivity contribution in [2.75, 3.05) is 31.1 Å². The van der Waals surface area contributed by atoms with Gasteiger partial charge in [-0.1, -0.05) is 78.3 Å². The minimum atomic E-state index is 0.0452. The summed E-state index contributed by atoms with van der Waals surface area (Å²) < 4.78 is 0. The number of anilines is 1. The third-order valence-electron chi connectivity index (χ3n) is 5.21. The number of amides is 1. The molecule has 1 saturated heterocycles. The molecule has 1 aliphatic heterocycles. The first-order chi connectivity index (χ1) is 14.2. The Morgan fingerprint density at radius 1 is 0.759 bits per heavy atom. The number of nitrogens with zero attached hydrogens (tertiary/aromatic N) is 2. The van der Waals surface area contributed by atoms with Crippen LogP contribution in [-0.4, -0.2) is 37.0 Å². The number of para-hydroxylation sites is 1. The summed E-state index contributed by atoms with van der Waals surface area (Å²) in [5.41, 5.74) is 3.63. The van der Waals surface area contributed by atoms with Gasteiger partial charge in [0.1, 0.15) is 0 Å². The molecule has 1 aliphatic rings. The Morgan fingerprint density at radius 2 is 1.34 bits per heavy atom. The van der Waals surface area contributed by atoms with Crippen molar-refractivity contribution < 1.29 is 4.79 Å². The van der Waals surface area contributed by atoms with Gasteiger partial charge in [0, 0.05) is 42.5 Å². The van der Waals surface area contributed by atoms with Crippen LogP contribution < -0.4 is 4.90 Å². The number of carbonyl (C=O) groups is 1. The molecule has 29 heavy (non-hydrogen) atoms. The summed E-state index contributed by atoms with van der Waals surface area (Å²) in [5.74, 6) is 0.0452. The van der Waals surface area contributed by atoms with Crippen LogP contribution in [0.15, 0.2) is 84.9 Å². The second-order valence-electron chi connectivity index (χ2n) is 7.06. The molecule has 146 valence electrons. The minimum Gasteiger partial charge on any atom is -0.368 e. The Bertz CT molecular complexity index is 994. The molecular formula is C25H23ClN2O. The lowest BCUT2D eigenvalue weighted by Crippen LogP contribution is -2.49. The first-order valence-electron chi connectivity index (χ1n) is 9.83. The molecule has 1 heterocycles. The molecule has 1 amide bonds. The molecular weight excluding hydrogens is 380 g/mol. The Labute approximate surface area is 176 Å². The van der Waals surface area contributed by atoms with E-state index in [9.17, 15) is 4.79 Å². The highest BCUT2D eigenvalue weighted by atomic mass is 35.5. The van der Waals surface area contributed by atoms with Gasteiger partial charge in [0.25, 0.3) is 5.91 Å². The van der Waals surface area contributed by atoms with E-state index < -0.39 is 0 Å². The van der Waals surface area contributed by atoms with Crippen LogP contribution in [0.4, 0.5) is 5.69 Å². The Balaban J connectivity index is 1.57. The van der Waals surface area contributed by atoms with Gasteiger partial charge < -0.3 is 9.80 Å². The molecule has 0 aromatic heterocycles. The van der Waals surface area contributed by atoms with Gasteiger partial charge in [-0.15, -0.1) is 0 Å². The normalized spacial score (nSPS) is 14.7. The fourth-order valence-electron chi connectivity index (χ4n) is 3.61. The molecule has 4 heteroatoms. The number of benzene rings is 3. The molecule has 0 spiro atoms. The maximum absolute atomic E-state index is 13.5. The monoisotopic (exact) mass is 402 g/mol. The van der Waals surface area contributed by atoms with Crippen molar-refractivity contribution in [1.82, 2.24) is 4.90 Å². The lowest BCUT2D eigenvalue weighted by Gasteiger charge is -2.36. The maximum atomic E-state index is 13.5. The van der Waals surface area contributed by atoms with Gasteiger partial charge in [0.15, 0.2) is 0 Å². The first-order valence-corrected chi connectivity index (χ1v) is 10.2. The molecule has 0 atom stereocenters. The van der Waals surface area contributed by atoms with Gasteiger partial charge in [-0.25, -0.2) is 0 Å². The van der Waals surface area contributed by atoms with E-state index in [1.165, 1.54) is 5.69 Å². The number of hydrogen-bond donors (Lipinski definition) is 0. The Hall–Kier alpha value is -3.04. The predicted octanol–water partition coefficient (Wildman–Crippen LogP) is 5.23. The van der Waals surface area contributed by atoms with Gasteiger partial charge in [-0.05, 0) is 35.4 Å². The van der Waals surface area contributed by atoms with Crippen molar-refractivity contribution >= 4 is 34.8 Å². The summed E-state index contributed by atoms with van der Waals surface area (Å²) >= 11 is 6.36. The molecule has 1 fully saturated rings. The molecule has 0 bridgehead atoms. The van der Waals surface area contributed by atoms with Crippen molar-refractivity contribution in [2.45, 2.75) is 0 Å². The quantitative estimate of drug-likeness (QED) is 0.440. The van der Waals surface area contributed by atoms with Crippen LogP contribution in [0.3, 0.4) is 0 Å². The molecule has 3 aromatic carbocycles. The van der Waals surface area contributed by atoms with Crippen LogP contribution in [0, 0.1) is 0 Å². The minimum absolute atomic E-state index is 0.0452. The van der Waals surface area contributed by atoms with E-state index in [0.29, 0.717) is 23.7 Å². The van der Waals surface area contributed by atoms with E-state index >= 15 is 0 Å². The third-order valence-corrected chi connectivity index (χ3v) is 5.55. The number of halogens is 1. The number of piperazine rings is 1. The molecule has 3 nitrogen and oxygen atoms in total. The van der Waals surface area contributed by atoms with Gasteiger partial charge in [0.05, 0.1) is 0 Å². The van der Waals surface area contributed by atoms with E-state index in [-0.39, 0.29) is 5.91 Å². The van der Waals surface area contributed by atoms with Crippen molar-refractivity contribution in [3.05, 3.63) is 101 Å². The van der Waals surface area contributed by atoms with Gasteiger partial charge in [-0.3, -0.25) is 4.79 Å². The molecule has 0 aliphatic carbocycles. The number of hydrogen-bond acceptors (Lipinski definition) is 2. The molecule has 0 N–H and O–H groups in total. The third kappa shape index (κ3) is 4.52. The van der Waals surface area contributed by atoms with E-state index in [1.807, 2.05) is 83.8 Å². The second kappa shape index (κ2) is 8.97. The summed E-state index contributed by atoms with van der Waals surface area (Å²) in [6.45, 7) is 3.04. The molecule has 0 unspecified atom stereocenters. The highest BCUT2D eigenvalue weighted by Gasteiger charge is 2.24. The van der Waals surface area contributed by atoms with E-state index in [0.717, 1.165) is 24.2 Å². The molecule has 0 radical (unpaired) electrons. The largest absolute Gasteiger partial charge is 0.368 e. The second-order valence-corrected chi connectivity index (χ2v) is 7.47. The first kappa shape index (κ1) is 19.3. The predicted molar refractivity (Wildman–Crippen MR) is 121 cm³/mol. The van der Waals surface area contributed by atoms with E-state index in [1.54, 1.807) is 0 Å². The van der Waals surface area contributed by atoms with Crippen LogP contribution in [0.5, 0.6) is 0 Å². The molecule has 0 saturated carbocycles. The summed E-state index contributed by atoms with van der Waals surface area (Å²) in [7, 11) is 0. The summed E-state index contributed by atoms with van der Waals surface area (Å²) in [6.07, 6.45) is 1.91. The van der Waals surface area contributed by atoms with Gasteiger partial charge in [-0.2, -0.15) is 0 Å². The zero-order valence-corrected chi connectivity index (χ0v) is 16.9. The van der Waals surface area contributed by atoms with Crippen LogP contribution >= 0.6 is 11.6 Å². The van der Waals surface area contributed by atoms with Crippen LogP contribution in [0.1, 0.15) is 11.1 Å². The average Bonchev–Trinajstić information content (AvgIpc) is 2.79. The average molecular weight is 403 g/mol. The zero-order chi connectivity index (χ0) is 20.1. The van der Waals surface area contributed by atoms with Crippen molar-refractivity contribution in [2.24, 2.45) is 0 Å². The smallest absolute Gasteiger partial charge is 0.254 e. The van der Waals surface area contributed by atoms with Crippen LogP contribution in [0.2, 0.25) is 5.02 Å². The summed E-state index contributed by atoms with van der Waals surface area (Å²) in [5, 5.41) is 0.641. The fourth-order valence-corrected chi connectivity index (χ4v) is 3.80. The Kier molecular flexibility index (Phi) is 5.97. The summed E-state index contributed by atoms with van der Waals surface area (Å²) in [4.78, 5) is 17.7. The van der Waals surface area contributed by atoms with Gasteiger partial charge in [0.2, 0.25) is 0 Å². The van der Waals surface area contributed by atoms with Crippen molar-refractivity contribution in [3.63, 3.8) is 0 Å². The zero-order valence-electron chi connectivity index (χ0n) is 16.2. The highest BCUT2D eigenvalue weighted by Crippen LogP contribution is 2.26. The number of carbonyl (C=O) groups excluding carboxylic acids is 1. The van der Waals surface area contributed by atoms with Crippen LogP contribution in [0.25, 0.3) is 11.6 Å². The topological polar surface area (TPSA) is 23.6 Å². The van der Waals surface area contributed by atoms with E-state index in [2.05, 4.69) is 17.0 Å². The van der Waals surface area contributed by atoms with Crippen molar-refractivity contribution in [3.8, 4) is 0 Å². The standard InChI is InChI=1S/C25H23ClN2O/c26-24-14-8-7-11-21(24)19-23(20-9-3-1-4-10-20)25(29)28-17-15-27(16-18-28)22-12-5-2-6-13-22/h1-14,19H,15-18H2.